The highest BCUT2D eigenvalue weighted by Crippen LogP contribution is 2.32. The van der Waals surface area contributed by atoms with E-state index in [-0.39, 0.29) is 12.3 Å². The van der Waals surface area contributed by atoms with Gasteiger partial charge >= 0.3 is 5.97 Å². The number of H-pyrrole nitrogens is 1. The van der Waals surface area contributed by atoms with Crippen LogP contribution in [-0.2, 0) is 20.7 Å². The van der Waals surface area contributed by atoms with E-state index in [9.17, 15) is 9.59 Å². The molecule has 0 radical (unpaired) electrons. The van der Waals surface area contributed by atoms with Gasteiger partial charge in [0.15, 0.2) is 5.17 Å². The summed E-state index contributed by atoms with van der Waals surface area (Å²) in [6.07, 6.45) is 2.71. The summed E-state index contributed by atoms with van der Waals surface area (Å²) in [7, 11) is 1.33. The number of rotatable bonds is 6. The first-order valence-corrected chi connectivity index (χ1v) is 10.3. The van der Waals surface area contributed by atoms with Gasteiger partial charge < -0.3 is 9.72 Å². The molecule has 0 bridgehead atoms. The number of aromatic amines is 1. The van der Waals surface area contributed by atoms with Crippen molar-refractivity contribution in [1.29, 1.82) is 0 Å². The van der Waals surface area contributed by atoms with E-state index in [0.717, 1.165) is 22.2 Å². The Hall–Kier alpha value is -3.06. The van der Waals surface area contributed by atoms with Gasteiger partial charge in [0.1, 0.15) is 5.25 Å². The number of fused-ring (bicyclic) bond motifs is 1. The summed E-state index contributed by atoms with van der Waals surface area (Å²) in [6.45, 7) is 0.497. The van der Waals surface area contributed by atoms with Crippen LogP contribution in [0, 0.1) is 0 Å². The Morgan fingerprint density at radius 2 is 1.93 bits per heavy atom. The molecule has 3 aromatic rings. The lowest BCUT2D eigenvalue weighted by Crippen LogP contribution is -2.34. The van der Waals surface area contributed by atoms with Gasteiger partial charge in [-0.1, -0.05) is 48.2 Å². The molecule has 0 aliphatic carbocycles. The summed E-state index contributed by atoms with van der Waals surface area (Å²) in [5.41, 5.74) is 3.00. The Balaban J connectivity index is 1.57. The van der Waals surface area contributed by atoms with Crippen LogP contribution in [0.2, 0.25) is 0 Å². The van der Waals surface area contributed by atoms with Crippen molar-refractivity contribution in [1.82, 2.24) is 9.88 Å². The first-order chi connectivity index (χ1) is 14.2. The van der Waals surface area contributed by atoms with Gasteiger partial charge in [0.05, 0.1) is 19.2 Å². The fraction of sp³-hybridized carbons (Fsp3) is 0.227. The van der Waals surface area contributed by atoms with Crippen LogP contribution in [0.15, 0.2) is 65.8 Å². The third kappa shape index (κ3) is 4.19. The van der Waals surface area contributed by atoms with E-state index in [1.807, 2.05) is 54.7 Å². The Morgan fingerprint density at radius 3 is 2.72 bits per heavy atom. The number of carbonyl (C=O) groups is 2. The van der Waals surface area contributed by atoms with Crippen molar-refractivity contribution in [2.24, 2.45) is 4.99 Å². The number of nitrogens with zero attached hydrogens (tertiary/aromatic N) is 2. The van der Waals surface area contributed by atoms with E-state index in [1.54, 1.807) is 4.90 Å². The highest BCUT2D eigenvalue weighted by molar-refractivity contribution is 8.15. The van der Waals surface area contributed by atoms with E-state index < -0.39 is 11.2 Å². The molecule has 1 saturated heterocycles. The minimum absolute atomic E-state index is 0.0391. The van der Waals surface area contributed by atoms with Crippen LogP contribution in [0.3, 0.4) is 0 Å². The smallest absolute Gasteiger partial charge is 0.307 e. The first-order valence-electron chi connectivity index (χ1n) is 9.39. The fourth-order valence-electron chi connectivity index (χ4n) is 3.35. The topological polar surface area (TPSA) is 74.8 Å². The van der Waals surface area contributed by atoms with Gasteiger partial charge in [0.25, 0.3) is 0 Å². The van der Waals surface area contributed by atoms with Gasteiger partial charge in [-0.3, -0.25) is 14.5 Å². The van der Waals surface area contributed by atoms with Crippen LogP contribution < -0.4 is 0 Å². The van der Waals surface area contributed by atoms with Crippen molar-refractivity contribution in [3.63, 3.8) is 0 Å². The third-order valence-corrected chi connectivity index (χ3v) is 6.04. The Labute approximate surface area is 173 Å². The molecule has 2 heterocycles. The van der Waals surface area contributed by atoms with Crippen molar-refractivity contribution >= 4 is 45.4 Å². The normalized spacial score (nSPS) is 18.0. The maximum atomic E-state index is 13.0. The highest BCUT2D eigenvalue weighted by Gasteiger charge is 2.39. The summed E-state index contributed by atoms with van der Waals surface area (Å²) < 4.78 is 4.75. The number of benzene rings is 2. The molecular weight excluding hydrogens is 386 g/mol. The number of esters is 1. The molecule has 148 valence electrons. The minimum atomic E-state index is -0.507. The highest BCUT2D eigenvalue weighted by atomic mass is 32.2. The predicted molar refractivity (Wildman–Crippen MR) is 115 cm³/mol. The van der Waals surface area contributed by atoms with Crippen molar-refractivity contribution in [3.05, 3.63) is 66.4 Å². The number of carbonyl (C=O) groups excluding carboxylic acids is 2. The minimum Gasteiger partial charge on any atom is -0.469 e. The first kappa shape index (κ1) is 19.3. The zero-order valence-corrected chi connectivity index (χ0v) is 16.8. The number of hydrogen-bond acceptors (Lipinski definition) is 5. The number of thioether (sulfide) groups is 1. The summed E-state index contributed by atoms with van der Waals surface area (Å²) in [5, 5.41) is 1.27. The summed E-state index contributed by atoms with van der Waals surface area (Å²) in [6, 6.07) is 17.6. The van der Waals surface area contributed by atoms with E-state index in [4.69, 9.17) is 4.74 Å². The largest absolute Gasteiger partial charge is 0.469 e. The molecule has 6 nitrogen and oxygen atoms in total. The number of amides is 1. The number of hydrogen-bond donors (Lipinski definition) is 1. The SMILES string of the molecule is COC(=O)CC1SC(=Nc2ccccc2)N(CCc2c[nH]c3ccccc23)C1=O. The molecule has 4 rings (SSSR count). The Bertz CT molecular complexity index is 1060. The second kappa shape index (κ2) is 8.53. The summed E-state index contributed by atoms with van der Waals surface area (Å²) >= 11 is 1.32. The average molecular weight is 407 g/mol. The van der Waals surface area contributed by atoms with Gasteiger partial charge in [-0.25, -0.2) is 4.99 Å². The lowest BCUT2D eigenvalue weighted by molar-refractivity contribution is -0.142. The zero-order chi connectivity index (χ0) is 20.2. The van der Waals surface area contributed by atoms with Crippen LogP contribution in [0.5, 0.6) is 0 Å². The van der Waals surface area contributed by atoms with Gasteiger partial charge in [-0.15, -0.1) is 0 Å². The van der Waals surface area contributed by atoms with Crippen molar-refractivity contribution in [3.8, 4) is 0 Å². The second-order valence-electron chi connectivity index (χ2n) is 6.72. The fourth-order valence-corrected chi connectivity index (χ4v) is 4.52. The van der Waals surface area contributed by atoms with Gasteiger partial charge in [0.2, 0.25) is 5.91 Å². The van der Waals surface area contributed by atoms with Crippen molar-refractivity contribution < 1.29 is 14.3 Å². The van der Waals surface area contributed by atoms with Crippen LogP contribution in [0.25, 0.3) is 10.9 Å². The van der Waals surface area contributed by atoms with E-state index >= 15 is 0 Å². The van der Waals surface area contributed by atoms with Crippen LogP contribution in [-0.4, -0.2) is 45.8 Å². The van der Waals surface area contributed by atoms with Gasteiger partial charge in [-0.2, -0.15) is 0 Å². The molecule has 0 spiro atoms. The maximum Gasteiger partial charge on any atom is 0.307 e. The molecule has 1 unspecified atom stereocenters. The molecule has 0 saturated carbocycles. The molecule has 1 aromatic heterocycles. The molecule has 1 aliphatic heterocycles. The molecule has 1 N–H and O–H groups in total. The van der Waals surface area contributed by atoms with Crippen LogP contribution in [0.4, 0.5) is 5.69 Å². The number of nitrogens with one attached hydrogen (secondary N) is 1. The van der Waals surface area contributed by atoms with E-state index in [2.05, 4.69) is 16.0 Å². The molecule has 1 atom stereocenters. The Kier molecular flexibility index (Phi) is 5.67. The maximum absolute atomic E-state index is 13.0. The Morgan fingerprint density at radius 1 is 1.17 bits per heavy atom. The van der Waals surface area contributed by atoms with Crippen LogP contribution in [0.1, 0.15) is 12.0 Å². The third-order valence-electron chi connectivity index (χ3n) is 4.86. The monoisotopic (exact) mass is 407 g/mol. The number of aliphatic imine (C=N–C) groups is 1. The number of aromatic nitrogens is 1. The number of ether oxygens (including phenoxy) is 1. The van der Waals surface area contributed by atoms with Gasteiger partial charge in [-0.05, 0) is 30.2 Å². The van der Waals surface area contributed by atoms with Gasteiger partial charge in [0, 0.05) is 23.6 Å². The summed E-state index contributed by atoms with van der Waals surface area (Å²) in [5.74, 6) is -0.497. The van der Waals surface area contributed by atoms with Crippen molar-refractivity contribution in [2.75, 3.05) is 13.7 Å². The summed E-state index contributed by atoms with van der Waals surface area (Å²) in [4.78, 5) is 34.3. The molecule has 1 amide bonds. The van der Waals surface area contributed by atoms with E-state index in [1.165, 1.54) is 18.9 Å². The molecule has 2 aromatic carbocycles. The molecular formula is C22H21N3O3S. The zero-order valence-electron chi connectivity index (χ0n) is 16.0. The molecule has 7 heteroatoms. The lowest BCUT2D eigenvalue weighted by atomic mass is 10.1. The quantitative estimate of drug-likeness (QED) is 0.629. The number of para-hydroxylation sites is 2. The van der Waals surface area contributed by atoms with Crippen molar-refractivity contribution in [2.45, 2.75) is 18.1 Å². The molecule has 1 fully saturated rings. The predicted octanol–water partition coefficient (Wildman–Crippen LogP) is 3.91. The standard InChI is InChI=1S/C22H21N3O3S/c1-28-20(26)13-19-21(27)25(22(29-19)24-16-7-3-2-4-8-16)12-11-15-14-23-18-10-6-5-9-17(15)18/h2-10,14,19,23H,11-13H2,1H3. The molecule has 1 aliphatic rings. The second-order valence-corrected chi connectivity index (χ2v) is 7.89. The van der Waals surface area contributed by atoms with Crippen LogP contribution >= 0.6 is 11.8 Å². The lowest BCUT2D eigenvalue weighted by Gasteiger charge is -2.16. The average Bonchev–Trinajstić information content (AvgIpc) is 3.28. The number of methoxy groups -OCH3 is 1. The molecule has 29 heavy (non-hydrogen) atoms. The van der Waals surface area contributed by atoms with E-state index in [0.29, 0.717) is 18.1 Å². The number of amidine groups is 1.